The summed E-state index contributed by atoms with van der Waals surface area (Å²) in [6.45, 7) is 4.74. The number of halogens is 1. The normalized spacial score (nSPS) is 14.8. The number of phenolic OH excluding ortho intramolecular Hbond substituents is 1. The zero-order chi connectivity index (χ0) is 68.2. The van der Waals surface area contributed by atoms with Crippen molar-refractivity contribution in [3.63, 3.8) is 0 Å². The van der Waals surface area contributed by atoms with E-state index in [-0.39, 0.29) is 107 Å². The lowest BCUT2D eigenvalue weighted by molar-refractivity contribution is -0.142. The smallest absolute Gasteiger partial charge is 0.408 e. The van der Waals surface area contributed by atoms with Crippen LogP contribution in [0.15, 0.2) is 151 Å². The van der Waals surface area contributed by atoms with Gasteiger partial charge in [0.05, 0.1) is 19.8 Å². The summed E-state index contributed by atoms with van der Waals surface area (Å²) in [4.78, 5) is 138. The molecule has 9 amide bonds. The molecule has 5 aromatic carbocycles. The van der Waals surface area contributed by atoms with Gasteiger partial charge in [-0.25, -0.2) is 4.79 Å². The number of hydrogen-bond donors (Lipinski definition) is 13. The SMILES string of the molecule is CCNC(=O)[C@@H]1CCCN1C(=O)[C@H](CCCN=C(N)N)NC(=O)[C@H](CC(C)C)NC(=O)[C@@H](Cc1ccccc1)NC(=O)[C@H](Cc1ccc(O)cc1)NC(=O)[C@H](CO)NC(=O)[C@H](Cc1c[nH]c2ccccc12)NC(=O)[C@H](COCc1ccccc1)NC(=O)OCc1ccccc1.Cl. The van der Waals surface area contributed by atoms with Crippen molar-refractivity contribution in [2.24, 2.45) is 22.4 Å². The predicted octanol–water partition coefficient (Wildman–Crippen LogP) is 2.96. The molecule has 1 fully saturated rings. The zero-order valence-corrected chi connectivity index (χ0v) is 54.8. The van der Waals surface area contributed by atoms with E-state index >= 15 is 0 Å². The van der Waals surface area contributed by atoms with Crippen molar-refractivity contribution in [2.45, 2.75) is 134 Å². The van der Waals surface area contributed by atoms with Crippen LogP contribution in [0.25, 0.3) is 10.9 Å². The third-order valence-electron chi connectivity index (χ3n) is 15.8. The summed E-state index contributed by atoms with van der Waals surface area (Å²) in [7, 11) is 0. The number of phenols is 1. The Labute approximate surface area is 563 Å². The molecule has 0 radical (unpaired) electrons. The Morgan fingerprint density at radius 1 is 0.604 bits per heavy atom. The highest BCUT2D eigenvalue weighted by molar-refractivity contribution is 5.99. The van der Waals surface area contributed by atoms with Crippen molar-refractivity contribution in [3.05, 3.63) is 174 Å². The highest BCUT2D eigenvalue weighted by Gasteiger charge is 2.39. The van der Waals surface area contributed by atoms with Gasteiger partial charge in [0.25, 0.3) is 0 Å². The van der Waals surface area contributed by atoms with Gasteiger partial charge in [0.1, 0.15) is 60.7 Å². The average Bonchev–Trinajstić information content (AvgIpc) is 1.63. The van der Waals surface area contributed by atoms with Gasteiger partial charge < -0.3 is 83.6 Å². The number of fused-ring (bicyclic) bond motifs is 1. The average molecular weight is 1340 g/mol. The molecule has 0 bridgehead atoms. The van der Waals surface area contributed by atoms with Gasteiger partial charge in [-0.3, -0.25) is 43.3 Å². The Balaban J connectivity index is 0.0000146. The highest BCUT2D eigenvalue weighted by atomic mass is 35.5. The van der Waals surface area contributed by atoms with E-state index in [1.54, 1.807) is 79.9 Å². The van der Waals surface area contributed by atoms with Crippen molar-refractivity contribution in [2.75, 3.05) is 32.8 Å². The van der Waals surface area contributed by atoms with Gasteiger partial charge in [-0.2, -0.15) is 0 Å². The molecule has 1 aliphatic heterocycles. The first-order chi connectivity index (χ1) is 45.8. The number of aromatic hydroxyl groups is 1. The molecule has 1 aromatic heterocycles. The molecular weight excluding hydrogens is 1250 g/mol. The summed E-state index contributed by atoms with van der Waals surface area (Å²) < 4.78 is 11.4. The number of carbonyl (C=O) groups excluding carboxylic acids is 9. The molecule has 15 N–H and O–H groups in total. The minimum Gasteiger partial charge on any atom is -0.508 e. The van der Waals surface area contributed by atoms with E-state index in [0.717, 1.165) is 11.1 Å². The molecule has 1 saturated heterocycles. The Hall–Kier alpha value is -10.1. The van der Waals surface area contributed by atoms with E-state index < -0.39 is 102 Å². The number of nitrogens with zero attached hydrogens (tertiary/aromatic N) is 2. The molecule has 0 saturated carbocycles. The number of ether oxygens (including phenoxy) is 2. The Bertz CT molecular complexity index is 3540. The predicted molar refractivity (Wildman–Crippen MR) is 362 cm³/mol. The standard InChI is InChI=1S/C69H87N13O13.ClH/c1-4-72-66(91)59-27-17-33-82(59)67(92)52(26-16-32-73-68(70)71)75-60(85)53(34-43(2)3)76-61(86)54(35-44-18-8-5-9-19-44)77-62(87)55(36-45-28-30-49(84)31-29-45)78-64(89)57(39-83)80-63(88)56(37-48-38-74-51-25-15-14-24-50(48)51)79-65(90)58(42-94-40-46-20-10-6-11-21-46)81-69(93)95-41-47-22-12-7-13-23-47;/h5-15,18-25,28-31,38,43,52-59,74,83-84H,4,16-17,26-27,32-37,39-42H2,1-3H3,(H,72,91)(H,75,85)(H,76,86)(H,77,87)(H,78,89)(H,79,90)(H,80,88)(H,81,93)(H4,70,71,73);1H/t52-,53-,54+,55-,56-,57-,58-,59-;/m0./s1. The van der Waals surface area contributed by atoms with Crippen LogP contribution in [0.5, 0.6) is 5.75 Å². The second-order valence-corrected chi connectivity index (χ2v) is 23.6. The number of alkyl carbamates (subject to hydrolysis) is 1. The first kappa shape index (κ1) is 75.0. The summed E-state index contributed by atoms with van der Waals surface area (Å²) in [5, 5.41) is 43.5. The van der Waals surface area contributed by atoms with Crippen molar-refractivity contribution in [1.29, 1.82) is 0 Å². The molecule has 6 aromatic rings. The molecule has 96 heavy (non-hydrogen) atoms. The monoisotopic (exact) mass is 1340 g/mol. The van der Waals surface area contributed by atoms with Crippen LogP contribution in [0.4, 0.5) is 4.79 Å². The molecule has 514 valence electrons. The number of amides is 9. The summed E-state index contributed by atoms with van der Waals surface area (Å²) >= 11 is 0. The number of para-hydroxylation sites is 1. The van der Waals surface area contributed by atoms with Crippen LogP contribution in [-0.4, -0.2) is 161 Å². The van der Waals surface area contributed by atoms with Crippen LogP contribution in [0, 0.1) is 5.92 Å². The third-order valence-corrected chi connectivity index (χ3v) is 15.8. The molecule has 0 unspecified atom stereocenters. The van der Waals surface area contributed by atoms with Gasteiger partial charge in [0.2, 0.25) is 47.3 Å². The molecule has 26 nitrogen and oxygen atoms in total. The van der Waals surface area contributed by atoms with E-state index in [4.69, 9.17) is 20.9 Å². The molecule has 0 spiro atoms. The number of aliphatic hydroxyl groups excluding tert-OH is 1. The minimum atomic E-state index is -1.78. The minimum absolute atomic E-state index is 0. The van der Waals surface area contributed by atoms with Crippen LogP contribution < -0.4 is 54.0 Å². The molecule has 2 heterocycles. The van der Waals surface area contributed by atoms with Crippen molar-refractivity contribution in [3.8, 4) is 5.75 Å². The number of aromatic amines is 1. The summed E-state index contributed by atoms with van der Waals surface area (Å²) in [5.74, 6) is -6.58. The first-order valence-corrected chi connectivity index (χ1v) is 31.8. The van der Waals surface area contributed by atoms with Gasteiger partial charge in [-0.1, -0.05) is 135 Å². The second kappa shape index (κ2) is 38.3. The van der Waals surface area contributed by atoms with Crippen LogP contribution in [-0.2, 0) is 80.3 Å². The van der Waals surface area contributed by atoms with E-state index in [1.807, 2.05) is 62.4 Å². The number of guanidine groups is 1. The number of aromatic nitrogens is 1. The number of nitrogens with two attached hydrogens (primary N) is 2. The molecule has 7 rings (SSSR count). The third kappa shape index (κ3) is 23.4. The van der Waals surface area contributed by atoms with E-state index in [2.05, 4.69) is 52.5 Å². The van der Waals surface area contributed by atoms with Crippen molar-refractivity contribution in [1.82, 2.24) is 52.4 Å². The van der Waals surface area contributed by atoms with E-state index in [0.29, 0.717) is 47.0 Å². The number of aliphatic hydroxyl groups is 1. The number of hydrogen-bond acceptors (Lipinski definition) is 14. The van der Waals surface area contributed by atoms with E-state index in [1.165, 1.54) is 29.2 Å². The lowest BCUT2D eigenvalue weighted by Gasteiger charge is -2.30. The maximum absolute atomic E-state index is 15.0. The fraction of sp³-hybridized carbons (Fsp3) is 0.391. The van der Waals surface area contributed by atoms with Gasteiger partial charge in [-0.15, -0.1) is 12.4 Å². The number of aliphatic imine (C=N–C) groups is 1. The number of likely N-dealkylation sites (N-methyl/N-ethyl adjacent to an activating group) is 1. The van der Waals surface area contributed by atoms with Crippen LogP contribution in [0.2, 0.25) is 0 Å². The van der Waals surface area contributed by atoms with Crippen LogP contribution in [0.1, 0.15) is 80.7 Å². The lowest BCUT2D eigenvalue weighted by Crippen LogP contribution is -2.61. The fourth-order valence-corrected chi connectivity index (χ4v) is 10.9. The summed E-state index contributed by atoms with van der Waals surface area (Å²) in [6.07, 6.45) is 1.54. The number of rotatable bonds is 35. The van der Waals surface area contributed by atoms with E-state index in [9.17, 15) is 53.4 Å². The van der Waals surface area contributed by atoms with Crippen molar-refractivity contribution < 1.29 is 62.8 Å². The number of nitrogens with one attached hydrogen (secondary N) is 9. The maximum Gasteiger partial charge on any atom is 0.408 e. The molecule has 0 aliphatic carbocycles. The maximum atomic E-state index is 15.0. The van der Waals surface area contributed by atoms with Gasteiger partial charge in [0.15, 0.2) is 5.96 Å². The summed E-state index contributed by atoms with van der Waals surface area (Å²) in [5.41, 5.74) is 14.9. The summed E-state index contributed by atoms with van der Waals surface area (Å²) in [6, 6.07) is 28.8. The topological polar surface area (TPSA) is 392 Å². The Morgan fingerprint density at radius 3 is 1.69 bits per heavy atom. The van der Waals surface area contributed by atoms with Crippen molar-refractivity contribution >= 4 is 82.6 Å². The Kier molecular flexibility index (Phi) is 30.0. The van der Waals surface area contributed by atoms with Gasteiger partial charge in [0, 0.05) is 56.0 Å². The van der Waals surface area contributed by atoms with Crippen LogP contribution >= 0.6 is 12.4 Å². The largest absolute Gasteiger partial charge is 0.508 e. The lowest BCUT2D eigenvalue weighted by atomic mass is 9.99. The molecule has 8 atom stereocenters. The number of H-pyrrole nitrogens is 1. The highest BCUT2D eigenvalue weighted by Crippen LogP contribution is 2.22. The van der Waals surface area contributed by atoms with Gasteiger partial charge >= 0.3 is 6.09 Å². The number of likely N-dealkylation sites (tertiary alicyclic amines) is 1. The molecular formula is C69H88ClN13O13. The number of benzene rings is 5. The zero-order valence-electron chi connectivity index (χ0n) is 54.0. The first-order valence-electron chi connectivity index (χ1n) is 31.8. The molecule has 27 heteroatoms. The quantitative estimate of drug-likeness (QED) is 0.0155. The fourth-order valence-electron chi connectivity index (χ4n) is 10.9. The Morgan fingerprint density at radius 2 is 1.10 bits per heavy atom. The second-order valence-electron chi connectivity index (χ2n) is 23.6. The number of carbonyl (C=O) groups is 9. The molecule has 1 aliphatic rings. The van der Waals surface area contributed by atoms with Gasteiger partial charge in [-0.05, 0) is 91.0 Å². The van der Waals surface area contributed by atoms with Crippen LogP contribution in [0.3, 0.4) is 0 Å².